The molecule has 0 fully saturated rings. The third-order valence-electron chi connectivity index (χ3n) is 3.17. The predicted molar refractivity (Wildman–Crippen MR) is 73.3 cm³/mol. The van der Waals surface area contributed by atoms with Crippen LogP contribution in [0, 0.1) is 5.92 Å². The molecule has 3 nitrogen and oxygen atoms in total. The molecule has 100 valence electrons. The molecule has 0 heterocycles. The summed E-state index contributed by atoms with van der Waals surface area (Å²) in [6, 6.07) is 6.91. The van der Waals surface area contributed by atoms with Crippen LogP contribution in [0.15, 0.2) is 24.3 Å². The largest absolute Gasteiger partial charge is 0.508 e. The number of phenols is 1. The van der Waals surface area contributed by atoms with Crippen molar-refractivity contribution in [2.45, 2.75) is 46.1 Å². The molecule has 1 atom stereocenters. The number of phenolic OH excluding ortho intramolecular Hbond substituents is 1. The second-order valence-electron chi connectivity index (χ2n) is 4.63. The number of hydrogen-bond acceptors (Lipinski definition) is 2. The standard InChI is InChI=1S/C15H23NO2/c1-3-5-6-13(4-2)15(18)16-11-12-7-9-14(17)10-8-12/h7-10,13,17H,3-6,11H2,1-2H3,(H,16,18). The Bertz CT molecular complexity index is 359. The Morgan fingerprint density at radius 1 is 1.28 bits per heavy atom. The molecule has 0 bridgehead atoms. The Labute approximate surface area is 109 Å². The predicted octanol–water partition coefficient (Wildman–Crippen LogP) is 3.22. The van der Waals surface area contributed by atoms with Crippen molar-refractivity contribution in [2.75, 3.05) is 0 Å². The summed E-state index contributed by atoms with van der Waals surface area (Å²) in [6.45, 7) is 4.73. The van der Waals surface area contributed by atoms with Crippen LogP contribution in [-0.2, 0) is 11.3 Å². The van der Waals surface area contributed by atoms with E-state index in [-0.39, 0.29) is 17.6 Å². The molecule has 0 radical (unpaired) electrons. The van der Waals surface area contributed by atoms with E-state index in [0.717, 1.165) is 31.2 Å². The molecule has 0 aromatic heterocycles. The van der Waals surface area contributed by atoms with Crippen LogP contribution in [0.1, 0.15) is 45.1 Å². The Hall–Kier alpha value is -1.51. The van der Waals surface area contributed by atoms with Gasteiger partial charge in [-0.25, -0.2) is 0 Å². The topological polar surface area (TPSA) is 49.3 Å². The number of benzene rings is 1. The van der Waals surface area contributed by atoms with Gasteiger partial charge in [-0.05, 0) is 30.5 Å². The van der Waals surface area contributed by atoms with Gasteiger partial charge in [-0.1, -0.05) is 38.8 Å². The van der Waals surface area contributed by atoms with Crippen LogP contribution in [0.2, 0.25) is 0 Å². The second kappa shape index (κ2) is 7.75. The summed E-state index contributed by atoms with van der Waals surface area (Å²) in [5.74, 6) is 0.514. The van der Waals surface area contributed by atoms with E-state index in [1.807, 2.05) is 12.1 Å². The summed E-state index contributed by atoms with van der Waals surface area (Å²) in [6.07, 6.45) is 4.09. The smallest absolute Gasteiger partial charge is 0.223 e. The van der Waals surface area contributed by atoms with E-state index in [1.165, 1.54) is 0 Å². The van der Waals surface area contributed by atoms with Gasteiger partial charge in [0.2, 0.25) is 5.91 Å². The van der Waals surface area contributed by atoms with Gasteiger partial charge < -0.3 is 10.4 Å². The van der Waals surface area contributed by atoms with E-state index in [0.29, 0.717) is 6.54 Å². The molecule has 1 aromatic rings. The van der Waals surface area contributed by atoms with Crippen molar-refractivity contribution in [3.8, 4) is 5.75 Å². The molecule has 0 aliphatic heterocycles. The van der Waals surface area contributed by atoms with Crippen LogP contribution in [0.5, 0.6) is 5.75 Å². The van der Waals surface area contributed by atoms with Gasteiger partial charge in [-0.2, -0.15) is 0 Å². The monoisotopic (exact) mass is 249 g/mol. The molecule has 0 saturated carbocycles. The first kappa shape index (κ1) is 14.6. The molecule has 1 unspecified atom stereocenters. The number of rotatable bonds is 7. The molecular formula is C15H23NO2. The lowest BCUT2D eigenvalue weighted by molar-refractivity contribution is -0.125. The maximum atomic E-state index is 12.0. The highest BCUT2D eigenvalue weighted by atomic mass is 16.3. The minimum atomic E-state index is 0.127. The zero-order chi connectivity index (χ0) is 13.4. The summed E-state index contributed by atoms with van der Waals surface area (Å²) in [5, 5.41) is 12.1. The molecule has 18 heavy (non-hydrogen) atoms. The molecule has 1 amide bonds. The van der Waals surface area contributed by atoms with E-state index in [2.05, 4.69) is 19.2 Å². The van der Waals surface area contributed by atoms with Crippen molar-refractivity contribution >= 4 is 5.91 Å². The number of carbonyl (C=O) groups is 1. The van der Waals surface area contributed by atoms with Crippen molar-refractivity contribution in [1.82, 2.24) is 5.32 Å². The van der Waals surface area contributed by atoms with Crippen LogP contribution in [0.25, 0.3) is 0 Å². The first-order valence-corrected chi connectivity index (χ1v) is 6.73. The van der Waals surface area contributed by atoms with E-state index in [9.17, 15) is 9.90 Å². The van der Waals surface area contributed by atoms with E-state index in [4.69, 9.17) is 0 Å². The quantitative estimate of drug-likeness (QED) is 0.779. The highest BCUT2D eigenvalue weighted by molar-refractivity contribution is 5.78. The first-order chi connectivity index (χ1) is 8.67. The van der Waals surface area contributed by atoms with Crippen molar-refractivity contribution in [2.24, 2.45) is 5.92 Å². The fourth-order valence-corrected chi connectivity index (χ4v) is 1.92. The highest BCUT2D eigenvalue weighted by Crippen LogP contribution is 2.13. The van der Waals surface area contributed by atoms with Crippen molar-refractivity contribution in [3.05, 3.63) is 29.8 Å². The van der Waals surface area contributed by atoms with Gasteiger partial charge in [0, 0.05) is 12.5 Å². The zero-order valence-corrected chi connectivity index (χ0v) is 11.3. The van der Waals surface area contributed by atoms with Gasteiger partial charge in [-0.3, -0.25) is 4.79 Å². The molecule has 0 spiro atoms. The Kier molecular flexibility index (Phi) is 6.26. The number of hydrogen-bond donors (Lipinski definition) is 2. The number of unbranched alkanes of at least 4 members (excludes halogenated alkanes) is 1. The number of nitrogens with one attached hydrogen (secondary N) is 1. The summed E-state index contributed by atoms with van der Waals surface area (Å²) >= 11 is 0. The molecule has 1 aromatic carbocycles. The molecule has 0 saturated heterocycles. The van der Waals surface area contributed by atoms with Crippen molar-refractivity contribution in [3.63, 3.8) is 0 Å². The summed E-state index contributed by atoms with van der Waals surface area (Å²) in [7, 11) is 0. The van der Waals surface area contributed by atoms with E-state index < -0.39 is 0 Å². The normalized spacial score (nSPS) is 12.1. The molecular weight excluding hydrogens is 226 g/mol. The lowest BCUT2D eigenvalue weighted by atomic mass is 9.98. The minimum Gasteiger partial charge on any atom is -0.508 e. The molecule has 0 aliphatic rings. The highest BCUT2D eigenvalue weighted by Gasteiger charge is 2.14. The van der Waals surface area contributed by atoms with Gasteiger partial charge in [0.05, 0.1) is 0 Å². The Balaban J connectivity index is 2.41. The molecule has 2 N–H and O–H groups in total. The van der Waals surface area contributed by atoms with Crippen molar-refractivity contribution < 1.29 is 9.90 Å². The average molecular weight is 249 g/mol. The van der Waals surface area contributed by atoms with Crippen LogP contribution in [0.3, 0.4) is 0 Å². The minimum absolute atomic E-state index is 0.127. The SMILES string of the molecule is CCCCC(CC)C(=O)NCc1ccc(O)cc1. The van der Waals surface area contributed by atoms with Crippen LogP contribution in [0.4, 0.5) is 0 Å². The average Bonchev–Trinajstić information content (AvgIpc) is 2.39. The molecule has 3 heteroatoms. The summed E-state index contributed by atoms with van der Waals surface area (Å²) < 4.78 is 0. The van der Waals surface area contributed by atoms with Gasteiger partial charge in [-0.15, -0.1) is 0 Å². The Morgan fingerprint density at radius 3 is 2.50 bits per heavy atom. The third kappa shape index (κ3) is 4.78. The van der Waals surface area contributed by atoms with Gasteiger partial charge in [0.1, 0.15) is 5.75 Å². The van der Waals surface area contributed by atoms with Gasteiger partial charge >= 0.3 is 0 Å². The summed E-state index contributed by atoms with van der Waals surface area (Å²) in [5.41, 5.74) is 1.01. The fourth-order valence-electron chi connectivity index (χ4n) is 1.92. The van der Waals surface area contributed by atoms with Gasteiger partial charge in [0.25, 0.3) is 0 Å². The number of amides is 1. The van der Waals surface area contributed by atoms with Crippen molar-refractivity contribution in [1.29, 1.82) is 0 Å². The third-order valence-corrected chi connectivity index (χ3v) is 3.17. The Morgan fingerprint density at radius 2 is 1.94 bits per heavy atom. The lowest BCUT2D eigenvalue weighted by Gasteiger charge is -2.14. The number of carbonyl (C=O) groups excluding carboxylic acids is 1. The summed E-state index contributed by atoms with van der Waals surface area (Å²) in [4.78, 5) is 12.0. The van der Waals surface area contributed by atoms with E-state index >= 15 is 0 Å². The fraction of sp³-hybridized carbons (Fsp3) is 0.533. The van der Waals surface area contributed by atoms with Crippen LogP contribution in [-0.4, -0.2) is 11.0 Å². The second-order valence-corrected chi connectivity index (χ2v) is 4.63. The maximum Gasteiger partial charge on any atom is 0.223 e. The van der Waals surface area contributed by atoms with Crippen LogP contribution < -0.4 is 5.32 Å². The molecule has 1 rings (SSSR count). The maximum absolute atomic E-state index is 12.0. The zero-order valence-electron chi connectivity index (χ0n) is 11.3. The first-order valence-electron chi connectivity index (χ1n) is 6.73. The van der Waals surface area contributed by atoms with E-state index in [1.54, 1.807) is 12.1 Å². The van der Waals surface area contributed by atoms with Gasteiger partial charge in [0.15, 0.2) is 0 Å². The lowest BCUT2D eigenvalue weighted by Crippen LogP contribution is -2.29. The number of aromatic hydroxyl groups is 1. The van der Waals surface area contributed by atoms with Crippen LogP contribution >= 0.6 is 0 Å². The molecule has 0 aliphatic carbocycles.